The number of hydrogen-bond donors (Lipinski definition) is 2. The number of halogens is 1. The van der Waals surface area contributed by atoms with E-state index in [1.54, 1.807) is 25.1 Å². The topological polar surface area (TPSA) is 64.3 Å². The molecule has 0 radical (unpaired) electrons. The van der Waals surface area contributed by atoms with Gasteiger partial charge in [0.15, 0.2) is 6.10 Å². The van der Waals surface area contributed by atoms with Crippen LogP contribution in [-0.4, -0.2) is 18.6 Å². The van der Waals surface area contributed by atoms with Gasteiger partial charge >= 0.3 is 0 Å². The molecular formula is C13H17ClN2O2. The molecule has 0 aliphatic heterocycles. The predicted molar refractivity (Wildman–Crippen MR) is 72.6 cm³/mol. The third-order valence-electron chi connectivity index (χ3n) is 2.35. The summed E-state index contributed by atoms with van der Waals surface area (Å²) in [6.07, 6.45) is 0.959. The molecule has 0 aliphatic rings. The van der Waals surface area contributed by atoms with Crippen molar-refractivity contribution >= 4 is 17.5 Å². The molecule has 0 saturated carbocycles. The first-order valence-electron chi connectivity index (χ1n) is 5.62. The number of para-hydroxylation sites is 1. The summed E-state index contributed by atoms with van der Waals surface area (Å²) in [5.41, 5.74) is 6.37. The molecule has 1 aromatic carbocycles. The maximum absolute atomic E-state index is 11.7. The van der Waals surface area contributed by atoms with Gasteiger partial charge in [0.2, 0.25) is 0 Å². The van der Waals surface area contributed by atoms with Crippen molar-refractivity contribution in [3.05, 3.63) is 41.4 Å². The second-order valence-corrected chi connectivity index (χ2v) is 4.13. The summed E-state index contributed by atoms with van der Waals surface area (Å²) in [6.45, 7) is 5.88. The lowest BCUT2D eigenvalue weighted by atomic mass is 10.2. The molecule has 3 N–H and O–H groups in total. The monoisotopic (exact) mass is 268 g/mol. The van der Waals surface area contributed by atoms with Crippen LogP contribution in [0.15, 0.2) is 30.9 Å². The summed E-state index contributed by atoms with van der Waals surface area (Å²) in [5.74, 6) is 0.237. The number of nitrogens with one attached hydrogen (secondary N) is 1. The predicted octanol–water partition coefficient (Wildman–Crippen LogP) is 1.87. The zero-order chi connectivity index (χ0) is 13.5. The number of carbonyl (C=O) groups excluding carboxylic acids is 1. The molecule has 0 fully saturated rings. The van der Waals surface area contributed by atoms with Crippen LogP contribution in [-0.2, 0) is 11.3 Å². The number of nitrogens with two attached hydrogens (primary N) is 1. The minimum Gasteiger partial charge on any atom is -0.479 e. The fourth-order valence-corrected chi connectivity index (χ4v) is 1.63. The molecule has 5 heteroatoms. The van der Waals surface area contributed by atoms with E-state index in [0.29, 0.717) is 23.9 Å². The van der Waals surface area contributed by atoms with Crippen molar-refractivity contribution in [2.45, 2.75) is 19.6 Å². The summed E-state index contributed by atoms with van der Waals surface area (Å²) in [4.78, 5) is 11.7. The van der Waals surface area contributed by atoms with Crippen molar-refractivity contribution in [3.63, 3.8) is 0 Å². The van der Waals surface area contributed by atoms with Crippen molar-refractivity contribution in [1.29, 1.82) is 0 Å². The van der Waals surface area contributed by atoms with E-state index in [1.807, 2.05) is 6.07 Å². The van der Waals surface area contributed by atoms with E-state index in [0.717, 1.165) is 5.56 Å². The Balaban J connectivity index is 2.77. The number of benzene rings is 1. The number of carbonyl (C=O) groups is 1. The van der Waals surface area contributed by atoms with E-state index in [2.05, 4.69) is 11.9 Å². The van der Waals surface area contributed by atoms with Crippen LogP contribution in [0.1, 0.15) is 12.5 Å². The summed E-state index contributed by atoms with van der Waals surface area (Å²) < 4.78 is 5.57. The first-order chi connectivity index (χ1) is 8.60. The van der Waals surface area contributed by atoms with Gasteiger partial charge in [-0.15, -0.1) is 6.58 Å². The van der Waals surface area contributed by atoms with Crippen molar-refractivity contribution < 1.29 is 9.53 Å². The molecule has 1 unspecified atom stereocenters. The van der Waals surface area contributed by atoms with Crippen LogP contribution in [0, 0.1) is 0 Å². The molecular weight excluding hydrogens is 252 g/mol. The Kier molecular flexibility index (Phi) is 5.68. The van der Waals surface area contributed by atoms with Crippen LogP contribution < -0.4 is 15.8 Å². The van der Waals surface area contributed by atoms with Crippen LogP contribution in [0.3, 0.4) is 0 Å². The van der Waals surface area contributed by atoms with Gasteiger partial charge in [-0.2, -0.15) is 0 Å². The normalized spacial score (nSPS) is 11.7. The molecule has 1 amide bonds. The highest BCUT2D eigenvalue weighted by molar-refractivity contribution is 6.32. The zero-order valence-corrected chi connectivity index (χ0v) is 11.0. The number of rotatable bonds is 6. The minimum absolute atomic E-state index is 0.224. The van der Waals surface area contributed by atoms with Crippen LogP contribution in [0.5, 0.6) is 5.75 Å². The van der Waals surface area contributed by atoms with Crippen LogP contribution in [0.2, 0.25) is 5.02 Å². The molecule has 0 heterocycles. The van der Waals surface area contributed by atoms with Crippen molar-refractivity contribution in [3.8, 4) is 5.75 Å². The Labute approximate surface area is 112 Å². The largest absolute Gasteiger partial charge is 0.479 e. The van der Waals surface area contributed by atoms with Gasteiger partial charge in [0.1, 0.15) is 5.75 Å². The van der Waals surface area contributed by atoms with Gasteiger partial charge in [-0.25, -0.2) is 0 Å². The maximum atomic E-state index is 11.7. The molecule has 0 spiro atoms. The summed E-state index contributed by atoms with van der Waals surface area (Å²) in [5, 5.41) is 3.10. The van der Waals surface area contributed by atoms with E-state index in [9.17, 15) is 4.79 Å². The van der Waals surface area contributed by atoms with Gasteiger partial charge in [-0.3, -0.25) is 4.79 Å². The van der Waals surface area contributed by atoms with E-state index < -0.39 is 6.10 Å². The second-order valence-electron chi connectivity index (χ2n) is 3.73. The number of ether oxygens (including phenoxy) is 1. The van der Waals surface area contributed by atoms with E-state index >= 15 is 0 Å². The van der Waals surface area contributed by atoms with Gasteiger partial charge in [0.25, 0.3) is 5.91 Å². The lowest BCUT2D eigenvalue weighted by molar-refractivity contribution is -0.127. The average molecular weight is 269 g/mol. The van der Waals surface area contributed by atoms with Gasteiger partial charge in [-0.1, -0.05) is 29.8 Å². The first-order valence-corrected chi connectivity index (χ1v) is 6.00. The molecule has 1 rings (SSSR count). The lowest BCUT2D eigenvalue weighted by Gasteiger charge is -2.17. The van der Waals surface area contributed by atoms with Crippen LogP contribution >= 0.6 is 11.6 Å². The van der Waals surface area contributed by atoms with Crippen molar-refractivity contribution in [2.75, 3.05) is 6.54 Å². The Morgan fingerprint density at radius 2 is 2.39 bits per heavy atom. The van der Waals surface area contributed by atoms with E-state index in [4.69, 9.17) is 22.1 Å². The summed E-state index contributed by atoms with van der Waals surface area (Å²) in [6, 6.07) is 5.31. The molecule has 0 bridgehead atoms. The smallest absolute Gasteiger partial charge is 0.261 e. The molecule has 1 aromatic rings. The Bertz CT molecular complexity index is 435. The molecule has 0 aromatic heterocycles. The summed E-state index contributed by atoms with van der Waals surface area (Å²) in [7, 11) is 0. The molecule has 0 aliphatic carbocycles. The van der Waals surface area contributed by atoms with Gasteiger partial charge in [0, 0.05) is 18.7 Å². The highest BCUT2D eigenvalue weighted by Gasteiger charge is 2.17. The Morgan fingerprint density at radius 3 is 3.00 bits per heavy atom. The van der Waals surface area contributed by atoms with E-state index in [1.165, 1.54) is 0 Å². The van der Waals surface area contributed by atoms with Crippen LogP contribution in [0.25, 0.3) is 0 Å². The zero-order valence-electron chi connectivity index (χ0n) is 10.3. The molecule has 0 saturated heterocycles. The molecule has 4 nitrogen and oxygen atoms in total. The second kappa shape index (κ2) is 7.03. The van der Waals surface area contributed by atoms with Crippen molar-refractivity contribution in [1.82, 2.24) is 5.32 Å². The first kappa shape index (κ1) is 14.5. The highest BCUT2D eigenvalue weighted by atomic mass is 35.5. The quantitative estimate of drug-likeness (QED) is 0.774. The maximum Gasteiger partial charge on any atom is 0.261 e. The molecule has 18 heavy (non-hydrogen) atoms. The molecule has 1 atom stereocenters. The standard InChI is InChI=1S/C13H17ClN2O2/c1-3-7-16-13(17)9(2)18-12-10(8-15)5-4-6-11(12)14/h3-6,9H,1,7-8,15H2,2H3,(H,16,17). The Hall–Kier alpha value is -1.52. The number of amides is 1. The van der Waals surface area contributed by atoms with E-state index in [-0.39, 0.29) is 5.91 Å². The van der Waals surface area contributed by atoms with Crippen molar-refractivity contribution in [2.24, 2.45) is 5.73 Å². The van der Waals surface area contributed by atoms with Gasteiger partial charge < -0.3 is 15.8 Å². The Morgan fingerprint density at radius 1 is 1.67 bits per heavy atom. The number of hydrogen-bond acceptors (Lipinski definition) is 3. The lowest BCUT2D eigenvalue weighted by Crippen LogP contribution is -2.36. The third-order valence-corrected chi connectivity index (χ3v) is 2.65. The van der Waals surface area contributed by atoms with Gasteiger partial charge in [0.05, 0.1) is 5.02 Å². The van der Waals surface area contributed by atoms with Crippen LogP contribution in [0.4, 0.5) is 0 Å². The minimum atomic E-state index is -0.643. The van der Waals surface area contributed by atoms with Gasteiger partial charge in [-0.05, 0) is 13.0 Å². The fraction of sp³-hybridized carbons (Fsp3) is 0.308. The third kappa shape index (κ3) is 3.75. The fourth-order valence-electron chi connectivity index (χ4n) is 1.39. The summed E-state index contributed by atoms with van der Waals surface area (Å²) >= 11 is 6.03. The average Bonchev–Trinajstić information content (AvgIpc) is 2.38. The highest BCUT2D eigenvalue weighted by Crippen LogP contribution is 2.29. The SMILES string of the molecule is C=CCNC(=O)C(C)Oc1c(Cl)cccc1CN. The molecule has 98 valence electrons.